The minimum atomic E-state index is -0.352. The zero-order valence-corrected chi connectivity index (χ0v) is 22.1. The van der Waals surface area contributed by atoms with Crippen LogP contribution < -0.4 is 19.8 Å². The Bertz CT molecular complexity index is 1850. The summed E-state index contributed by atoms with van der Waals surface area (Å²) in [4.78, 5) is 18.4. The van der Waals surface area contributed by atoms with Crippen LogP contribution in [0.3, 0.4) is 0 Å². The van der Waals surface area contributed by atoms with Crippen LogP contribution in [0, 0.1) is 11.3 Å². The van der Waals surface area contributed by atoms with Crippen LogP contribution in [0.5, 0.6) is 17.2 Å². The Kier molecular flexibility index (Phi) is 7.60. The second kappa shape index (κ2) is 11.6. The molecule has 40 heavy (non-hydrogen) atoms. The number of benzene rings is 3. The van der Waals surface area contributed by atoms with E-state index >= 15 is 0 Å². The molecule has 0 radical (unpaired) electrons. The van der Waals surface area contributed by atoms with E-state index in [2.05, 4.69) is 11.7 Å². The molecule has 0 saturated heterocycles. The lowest BCUT2D eigenvalue weighted by molar-refractivity contribution is 0.297. The highest BCUT2D eigenvalue weighted by molar-refractivity contribution is 5.89. The van der Waals surface area contributed by atoms with E-state index in [1.807, 2.05) is 43.3 Å². The molecule has 0 unspecified atom stereocenters. The lowest BCUT2D eigenvalue weighted by atomic mass is 10.1. The number of rotatable bonds is 10. The highest BCUT2D eigenvalue weighted by Crippen LogP contribution is 2.34. The molecule has 9 nitrogen and oxygen atoms in total. The SMILES string of the molecule is C=CCc1cc(C=Nn2c(-c3cc4c(OC)cccc4o3)nc3ccccc3c2=O)cc(OCC)c1OCC#N. The van der Waals surface area contributed by atoms with Gasteiger partial charge in [0.2, 0.25) is 5.82 Å². The van der Waals surface area contributed by atoms with Gasteiger partial charge in [-0.15, -0.1) is 6.58 Å². The van der Waals surface area contributed by atoms with E-state index in [0.29, 0.717) is 58.1 Å². The Morgan fingerprint density at radius 2 is 1.95 bits per heavy atom. The number of fused-ring (bicyclic) bond motifs is 2. The molecule has 0 amide bonds. The molecule has 0 aliphatic heterocycles. The third-order valence-electron chi connectivity index (χ3n) is 6.14. The molecule has 3 aromatic carbocycles. The number of allylic oxidation sites excluding steroid dienone is 1. The summed E-state index contributed by atoms with van der Waals surface area (Å²) in [7, 11) is 1.59. The molecular formula is C31H26N4O5. The Labute approximate surface area is 230 Å². The van der Waals surface area contributed by atoms with Crippen molar-refractivity contribution in [1.29, 1.82) is 5.26 Å². The summed E-state index contributed by atoms with van der Waals surface area (Å²) in [5.74, 6) is 2.18. The number of para-hydroxylation sites is 1. The Morgan fingerprint density at radius 3 is 2.73 bits per heavy atom. The summed E-state index contributed by atoms with van der Waals surface area (Å²) in [6.45, 7) is 5.95. The summed E-state index contributed by atoms with van der Waals surface area (Å²) < 4.78 is 24.3. The van der Waals surface area contributed by atoms with E-state index in [-0.39, 0.29) is 18.0 Å². The first-order valence-corrected chi connectivity index (χ1v) is 12.6. The van der Waals surface area contributed by atoms with Gasteiger partial charge in [-0.3, -0.25) is 4.79 Å². The molecule has 0 bridgehead atoms. The minimum Gasteiger partial charge on any atom is -0.496 e. The standard InChI is InChI=1S/C31H26N4O5/c1-4-9-21-16-20(17-27(38-5-2)29(21)39-15-14-32)19-33-35-30(34-24-11-7-6-10-22(24)31(35)36)28-18-23-25(37-3)12-8-13-26(23)40-28/h4,6-8,10-13,16-19H,1,5,9,15H2,2-3H3. The molecule has 0 aliphatic carbocycles. The van der Waals surface area contributed by atoms with Gasteiger partial charge in [0, 0.05) is 5.56 Å². The molecule has 0 aliphatic rings. The van der Waals surface area contributed by atoms with E-state index < -0.39 is 0 Å². The monoisotopic (exact) mass is 534 g/mol. The highest BCUT2D eigenvalue weighted by Gasteiger charge is 2.18. The summed E-state index contributed by atoms with van der Waals surface area (Å²) in [5, 5.41) is 14.7. The molecule has 0 N–H and O–H groups in total. The summed E-state index contributed by atoms with van der Waals surface area (Å²) in [6.07, 6.45) is 3.76. The third-order valence-corrected chi connectivity index (χ3v) is 6.14. The molecule has 0 fully saturated rings. The Hall–Kier alpha value is -5.36. The maximum absolute atomic E-state index is 13.6. The number of furan rings is 1. The minimum absolute atomic E-state index is 0.124. The van der Waals surface area contributed by atoms with Crippen molar-refractivity contribution in [2.45, 2.75) is 13.3 Å². The number of methoxy groups -OCH3 is 1. The maximum Gasteiger partial charge on any atom is 0.282 e. The lowest BCUT2D eigenvalue weighted by Gasteiger charge is -2.15. The van der Waals surface area contributed by atoms with Gasteiger partial charge in [0.1, 0.15) is 17.4 Å². The van der Waals surface area contributed by atoms with Gasteiger partial charge in [0.05, 0.1) is 36.2 Å². The van der Waals surface area contributed by atoms with Crippen molar-refractivity contribution >= 4 is 28.1 Å². The molecule has 2 aromatic heterocycles. The number of hydrogen-bond acceptors (Lipinski definition) is 8. The van der Waals surface area contributed by atoms with Gasteiger partial charge in [-0.2, -0.15) is 15.0 Å². The van der Waals surface area contributed by atoms with Gasteiger partial charge < -0.3 is 18.6 Å². The van der Waals surface area contributed by atoms with Crippen LogP contribution >= 0.6 is 0 Å². The molecule has 5 rings (SSSR count). The fourth-order valence-electron chi connectivity index (χ4n) is 4.43. The summed E-state index contributed by atoms with van der Waals surface area (Å²) >= 11 is 0. The van der Waals surface area contributed by atoms with Gasteiger partial charge in [0.15, 0.2) is 23.9 Å². The Balaban J connectivity index is 1.68. The van der Waals surface area contributed by atoms with Gasteiger partial charge in [-0.1, -0.05) is 24.3 Å². The van der Waals surface area contributed by atoms with Crippen LogP contribution in [-0.2, 0) is 6.42 Å². The molecule has 0 saturated carbocycles. The zero-order valence-electron chi connectivity index (χ0n) is 22.1. The fourth-order valence-corrected chi connectivity index (χ4v) is 4.43. The van der Waals surface area contributed by atoms with Crippen molar-refractivity contribution in [2.24, 2.45) is 5.10 Å². The quantitative estimate of drug-likeness (QED) is 0.166. The van der Waals surface area contributed by atoms with Crippen molar-refractivity contribution in [3.05, 3.63) is 94.8 Å². The molecule has 9 heteroatoms. The summed E-state index contributed by atoms with van der Waals surface area (Å²) in [6, 6.07) is 19.9. The lowest BCUT2D eigenvalue weighted by Crippen LogP contribution is -2.20. The molecule has 2 heterocycles. The molecule has 200 valence electrons. The number of aromatic nitrogens is 2. The van der Waals surface area contributed by atoms with Crippen LogP contribution in [0.4, 0.5) is 0 Å². The van der Waals surface area contributed by atoms with E-state index in [0.717, 1.165) is 10.9 Å². The average Bonchev–Trinajstić information content (AvgIpc) is 3.41. The largest absolute Gasteiger partial charge is 0.496 e. The van der Waals surface area contributed by atoms with Gasteiger partial charge in [-0.25, -0.2) is 4.98 Å². The zero-order chi connectivity index (χ0) is 28.1. The summed E-state index contributed by atoms with van der Waals surface area (Å²) in [5.41, 5.74) is 2.19. The molecule has 0 spiro atoms. The molecular weight excluding hydrogens is 508 g/mol. The third kappa shape index (κ3) is 5.02. The number of nitrogens with zero attached hydrogens (tertiary/aromatic N) is 4. The first-order valence-electron chi connectivity index (χ1n) is 12.6. The van der Waals surface area contributed by atoms with Crippen LogP contribution in [0.25, 0.3) is 33.5 Å². The van der Waals surface area contributed by atoms with E-state index in [1.54, 1.807) is 49.7 Å². The second-order valence-electron chi connectivity index (χ2n) is 8.68. The average molecular weight is 535 g/mol. The predicted octanol–water partition coefficient (Wildman–Crippen LogP) is 5.73. The molecule has 5 aromatic rings. The normalized spacial score (nSPS) is 11.1. The van der Waals surface area contributed by atoms with Crippen molar-refractivity contribution in [3.63, 3.8) is 0 Å². The van der Waals surface area contributed by atoms with Crippen LogP contribution in [0.15, 0.2) is 87.6 Å². The van der Waals surface area contributed by atoms with Crippen molar-refractivity contribution in [1.82, 2.24) is 9.66 Å². The first kappa shape index (κ1) is 26.3. The topological polar surface area (TPSA) is 112 Å². The van der Waals surface area contributed by atoms with E-state index in [4.69, 9.17) is 28.9 Å². The van der Waals surface area contributed by atoms with Crippen molar-refractivity contribution < 1.29 is 18.6 Å². The van der Waals surface area contributed by atoms with E-state index in [1.165, 1.54) is 4.68 Å². The van der Waals surface area contributed by atoms with Crippen LogP contribution in [0.1, 0.15) is 18.1 Å². The van der Waals surface area contributed by atoms with E-state index in [9.17, 15) is 4.79 Å². The maximum atomic E-state index is 13.6. The van der Waals surface area contributed by atoms with Gasteiger partial charge in [-0.05, 0) is 61.4 Å². The highest BCUT2D eigenvalue weighted by atomic mass is 16.5. The van der Waals surface area contributed by atoms with Gasteiger partial charge >= 0.3 is 0 Å². The number of ether oxygens (including phenoxy) is 3. The van der Waals surface area contributed by atoms with Crippen LogP contribution in [-0.4, -0.2) is 36.2 Å². The molecule has 0 atom stereocenters. The van der Waals surface area contributed by atoms with Crippen LogP contribution in [0.2, 0.25) is 0 Å². The van der Waals surface area contributed by atoms with Crippen molar-refractivity contribution in [2.75, 3.05) is 20.3 Å². The predicted molar refractivity (Wildman–Crippen MR) is 153 cm³/mol. The fraction of sp³-hybridized carbons (Fsp3) is 0.161. The number of hydrogen-bond donors (Lipinski definition) is 0. The van der Waals surface area contributed by atoms with Crippen molar-refractivity contribution in [3.8, 4) is 34.9 Å². The Morgan fingerprint density at radius 1 is 1.10 bits per heavy atom. The second-order valence-corrected chi connectivity index (χ2v) is 8.68. The smallest absolute Gasteiger partial charge is 0.282 e. The number of nitriles is 1. The first-order chi connectivity index (χ1) is 19.6. The van der Waals surface area contributed by atoms with Gasteiger partial charge in [0.25, 0.3) is 5.56 Å².